The molecule has 2 unspecified atom stereocenters. The van der Waals surface area contributed by atoms with Gasteiger partial charge < -0.3 is 14.2 Å². The quantitative estimate of drug-likeness (QED) is 0.668. The van der Waals surface area contributed by atoms with E-state index in [-0.39, 0.29) is 11.8 Å². The lowest BCUT2D eigenvalue weighted by molar-refractivity contribution is -0.131. The number of rotatable bonds is 3. The minimum Gasteiger partial charge on any atom is -0.464 e. The van der Waals surface area contributed by atoms with Crippen LogP contribution in [0, 0.1) is 17.8 Å². The highest BCUT2D eigenvalue weighted by atomic mass is 16.3. The lowest BCUT2D eigenvalue weighted by atomic mass is 10.0. The normalized spacial score (nSPS) is 23.2. The van der Waals surface area contributed by atoms with Crippen molar-refractivity contribution in [2.75, 3.05) is 26.2 Å². The monoisotopic (exact) mass is 400 g/mol. The van der Waals surface area contributed by atoms with Crippen LogP contribution in [0.4, 0.5) is 0 Å². The van der Waals surface area contributed by atoms with Crippen molar-refractivity contribution in [3.05, 3.63) is 60.4 Å². The molecule has 3 heterocycles. The van der Waals surface area contributed by atoms with Crippen molar-refractivity contribution in [1.29, 1.82) is 0 Å². The van der Waals surface area contributed by atoms with E-state index in [0.29, 0.717) is 17.7 Å². The number of hydrogen-bond acceptors (Lipinski definition) is 3. The Bertz CT molecular complexity index is 1060. The average molecular weight is 400 g/mol. The molecule has 0 bridgehead atoms. The molecule has 6 rings (SSSR count). The molecule has 5 nitrogen and oxygen atoms in total. The summed E-state index contributed by atoms with van der Waals surface area (Å²) in [6, 6.07) is 15.8. The maximum absolute atomic E-state index is 13.4. The molecule has 30 heavy (non-hydrogen) atoms. The minimum atomic E-state index is 0.0854. The fourth-order valence-corrected chi connectivity index (χ4v) is 5.17. The smallest absolute Gasteiger partial charge is 0.254 e. The summed E-state index contributed by atoms with van der Waals surface area (Å²) in [6.45, 7) is 3.09. The topological polar surface area (TPSA) is 53.8 Å². The summed E-state index contributed by atoms with van der Waals surface area (Å²) >= 11 is 0. The zero-order valence-corrected chi connectivity index (χ0v) is 16.8. The van der Waals surface area contributed by atoms with E-state index in [0.717, 1.165) is 67.0 Å². The van der Waals surface area contributed by atoms with Gasteiger partial charge in [-0.3, -0.25) is 9.59 Å². The van der Waals surface area contributed by atoms with Gasteiger partial charge in [-0.15, -0.1) is 0 Å². The van der Waals surface area contributed by atoms with E-state index < -0.39 is 0 Å². The zero-order chi connectivity index (χ0) is 20.2. The standard InChI is InChI=1S/C25H24N2O3/c28-24(16-7-8-16)26-12-19-14-27(15-20(19)13-26)25(29)22-6-2-1-5-21(22)18-10-17-4-3-9-30-23(17)11-18/h1-6,9-11,16,19-20H,7-8,12-15H2. The molecule has 0 N–H and O–H groups in total. The predicted octanol–water partition coefficient (Wildman–Crippen LogP) is 3.99. The maximum atomic E-state index is 13.4. The summed E-state index contributed by atoms with van der Waals surface area (Å²) in [5, 5.41) is 0. The summed E-state index contributed by atoms with van der Waals surface area (Å²) in [4.78, 5) is 29.9. The molecule has 2 aliphatic carbocycles. The number of carbonyl (C=O) groups is 2. The summed E-state index contributed by atoms with van der Waals surface area (Å²) < 4.78 is 5.59. The molecule has 1 saturated carbocycles. The van der Waals surface area contributed by atoms with Crippen LogP contribution in [-0.2, 0) is 4.79 Å². The molecule has 0 aromatic heterocycles. The molecule has 2 amide bonds. The molecule has 2 atom stereocenters. The Labute approximate surface area is 175 Å². The number of benzene rings is 1. The molecule has 2 saturated heterocycles. The van der Waals surface area contributed by atoms with Gasteiger partial charge in [0.2, 0.25) is 5.91 Å². The van der Waals surface area contributed by atoms with E-state index in [1.54, 1.807) is 6.26 Å². The van der Waals surface area contributed by atoms with E-state index in [1.807, 2.05) is 52.3 Å². The first kappa shape index (κ1) is 17.8. The van der Waals surface area contributed by atoms with Crippen molar-refractivity contribution >= 4 is 11.8 Å². The third-order valence-corrected chi connectivity index (χ3v) is 6.91. The minimum absolute atomic E-state index is 0.0854. The Morgan fingerprint density at radius 2 is 1.57 bits per heavy atom. The Morgan fingerprint density at radius 1 is 0.833 bits per heavy atom. The van der Waals surface area contributed by atoms with Gasteiger partial charge in [0, 0.05) is 55.1 Å². The molecule has 3 fully saturated rings. The Hall–Kier alpha value is -3.08. The lowest BCUT2D eigenvalue weighted by Gasteiger charge is -2.22. The molecule has 0 spiro atoms. The summed E-state index contributed by atoms with van der Waals surface area (Å²) in [5.74, 6) is 2.34. The van der Waals surface area contributed by atoms with Crippen LogP contribution in [0.1, 0.15) is 23.2 Å². The second-order valence-electron chi connectivity index (χ2n) is 8.97. The van der Waals surface area contributed by atoms with Crippen LogP contribution < -0.4 is 0 Å². The first-order chi connectivity index (χ1) is 14.7. The van der Waals surface area contributed by atoms with Crippen LogP contribution in [0.25, 0.3) is 22.5 Å². The molecular formula is C25H24N2O3. The average Bonchev–Trinajstić information content (AvgIpc) is 3.22. The number of likely N-dealkylation sites (tertiary alicyclic amines) is 2. The largest absolute Gasteiger partial charge is 0.464 e. The van der Waals surface area contributed by atoms with Crippen LogP contribution in [0.3, 0.4) is 0 Å². The molecule has 1 aromatic carbocycles. The summed E-state index contributed by atoms with van der Waals surface area (Å²) in [5.41, 5.74) is 3.71. The van der Waals surface area contributed by atoms with Gasteiger partial charge in [0.1, 0.15) is 5.76 Å². The van der Waals surface area contributed by atoms with Crippen LogP contribution in [-0.4, -0.2) is 47.8 Å². The first-order valence-electron chi connectivity index (χ1n) is 10.8. The number of hydrogen-bond donors (Lipinski definition) is 0. The fraction of sp³-hybridized carbons (Fsp3) is 0.360. The van der Waals surface area contributed by atoms with E-state index in [1.165, 1.54) is 0 Å². The molecule has 1 aromatic rings. The van der Waals surface area contributed by atoms with Crippen molar-refractivity contribution < 1.29 is 14.0 Å². The predicted molar refractivity (Wildman–Crippen MR) is 113 cm³/mol. The molecule has 3 aliphatic heterocycles. The van der Waals surface area contributed by atoms with Crippen LogP contribution >= 0.6 is 0 Å². The van der Waals surface area contributed by atoms with Gasteiger partial charge in [-0.25, -0.2) is 0 Å². The lowest BCUT2D eigenvalue weighted by Crippen LogP contribution is -2.36. The third-order valence-electron chi connectivity index (χ3n) is 6.91. The molecule has 5 aliphatic rings. The number of carbonyl (C=O) groups excluding carboxylic acids is 2. The highest BCUT2D eigenvalue weighted by Gasteiger charge is 2.45. The second kappa shape index (κ2) is 6.73. The Morgan fingerprint density at radius 3 is 2.30 bits per heavy atom. The first-order valence-corrected chi connectivity index (χ1v) is 10.8. The highest BCUT2D eigenvalue weighted by molar-refractivity contribution is 6.01. The molecule has 0 radical (unpaired) electrons. The molecule has 152 valence electrons. The van der Waals surface area contributed by atoms with E-state index in [9.17, 15) is 9.59 Å². The van der Waals surface area contributed by atoms with E-state index in [4.69, 9.17) is 4.42 Å². The van der Waals surface area contributed by atoms with Gasteiger partial charge in [0.15, 0.2) is 0 Å². The van der Waals surface area contributed by atoms with Crippen LogP contribution in [0.2, 0.25) is 0 Å². The molecule has 5 heteroatoms. The fourth-order valence-electron chi connectivity index (χ4n) is 5.17. The maximum Gasteiger partial charge on any atom is 0.254 e. The highest BCUT2D eigenvalue weighted by Crippen LogP contribution is 2.38. The Balaban J connectivity index is 1.23. The van der Waals surface area contributed by atoms with Crippen molar-refractivity contribution in [2.45, 2.75) is 12.8 Å². The van der Waals surface area contributed by atoms with Gasteiger partial charge in [0.25, 0.3) is 5.91 Å². The number of nitrogens with zero attached hydrogens (tertiary/aromatic N) is 2. The number of amides is 2. The van der Waals surface area contributed by atoms with E-state index >= 15 is 0 Å². The van der Waals surface area contributed by atoms with Crippen molar-refractivity contribution in [3.8, 4) is 22.5 Å². The summed E-state index contributed by atoms with van der Waals surface area (Å²) in [7, 11) is 0. The van der Waals surface area contributed by atoms with Gasteiger partial charge in [-0.2, -0.15) is 0 Å². The van der Waals surface area contributed by atoms with E-state index in [2.05, 4.69) is 6.07 Å². The van der Waals surface area contributed by atoms with Crippen molar-refractivity contribution in [1.82, 2.24) is 9.80 Å². The third kappa shape index (κ3) is 2.92. The van der Waals surface area contributed by atoms with Gasteiger partial charge in [-0.1, -0.05) is 18.2 Å². The Kier molecular flexibility index (Phi) is 3.98. The SMILES string of the molecule is O=C(c1ccccc1-c1cc2cccoc-2c1)N1CC2CN(C(=O)C3CC3)CC2C1. The molecular weight excluding hydrogens is 376 g/mol. The van der Waals surface area contributed by atoms with Crippen molar-refractivity contribution in [3.63, 3.8) is 0 Å². The second-order valence-corrected chi connectivity index (χ2v) is 8.97. The van der Waals surface area contributed by atoms with Crippen LogP contribution in [0.5, 0.6) is 0 Å². The van der Waals surface area contributed by atoms with Gasteiger partial charge >= 0.3 is 0 Å². The van der Waals surface area contributed by atoms with Crippen LogP contribution in [0.15, 0.2) is 59.2 Å². The van der Waals surface area contributed by atoms with Gasteiger partial charge in [0.05, 0.1) is 6.26 Å². The zero-order valence-electron chi connectivity index (χ0n) is 16.8. The van der Waals surface area contributed by atoms with Gasteiger partial charge in [-0.05, 0) is 54.3 Å². The number of fused-ring (bicyclic) bond motifs is 2. The summed E-state index contributed by atoms with van der Waals surface area (Å²) in [6.07, 6.45) is 3.77. The van der Waals surface area contributed by atoms with Crippen molar-refractivity contribution in [2.24, 2.45) is 17.8 Å².